The summed E-state index contributed by atoms with van der Waals surface area (Å²) in [4.78, 5) is 8.65. The third-order valence-electron chi connectivity index (χ3n) is 3.80. The minimum Gasteiger partial charge on any atom is -0.249 e. The molecule has 3 rings (SSSR count). The Hall–Kier alpha value is -1.54. The van der Waals surface area contributed by atoms with Gasteiger partial charge in [-0.3, -0.25) is 0 Å². The third-order valence-corrected chi connectivity index (χ3v) is 5.10. The number of aromatic nitrogens is 4. The van der Waals surface area contributed by atoms with Crippen LogP contribution in [0.2, 0.25) is 0 Å². The summed E-state index contributed by atoms with van der Waals surface area (Å²) in [6.07, 6.45) is 6.12. The Labute approximate surface area is 117 Å². The summed E-state index contributed by atoms with van der Waals surface area (Å²) < 4.78 is 26.3. The zero-order chi connectivity index (χ0) is 14.3. The van der Waals surface area contributed by atoms with Gasteiger partial charge in [0.15, 0.2) is 5.65 Å². The van der Waals surface area contributed by atoms with Gasteiger partial charge in [0, 0.05) is 38.4 Å². The molecule has 2 aromatic heterocycles. The molecule has 0 N–H and O–H groups in total. The molecule has 0 bridgehead atoms. The van der Waals surface area contributed by atoms with E-state index in [-0.39, 0.29) is 5.92 Å². The topological polar surface area (TPSA) is 81.0 Å². The lowest BCUT2D eigenvalue weighted by molar-refractivity contribution is 0.318. The van der Waals surface area contributed by atoms with E-state index in [0.29, 0.717) is 13.1 Å². The van der Waals surface area contributed by atoms with Crippen LogP contribution >= 0.6 is 0 Å². The highest BCUT2D eigenvalue weighted by atomic mass is 32.2. The van der Waals surface area contributed by atoms with Gasteiger partial charge in [-0.15, -0.1) is 0 Å². The summed E-state index contributed by atoms with van der Waals surface area (Å²) in [6.45, 7) is 1.09. The highest BCUT2D eigenvalue weighted by molar-refractivity contribution is 7.88. The van der Waals surface area contributed by atoms with E-state index < -0.39 is 10.0 Å². The highest BCUT2D eigenvalue weighted by Crippen LogP contribution is 2.31. The fourth-order valence-corrected chi connectivity index (χ4v) is 3.61. The van der Waals surface area contributed by atoms with Gasteiger partial charge >= 0.3 is 0 Å². The average molecular weight is 295 g/mol. The van der Waals surface area contributed by atoms with Crippen LogP contribution in [0.4, 0.5) is 0 Å². The molecular weight excluding hydrogens is 278 g/mol. The van der Waals surface area contributed by atoms with Crippen molar-refractivity contribution in [3.63, 3.8) is 0 Å². The molecule has 7 nitrogen and oxygen atoms in total. The summed E-state index contributed by atoms with van der Waals surface area (Å²) >= 11 is 0. The van der Waals surface area contributed by atoms with Crippen LogP contribution in [0.3, 0.4) is 0 Å². The maximum absolute atomic E-state index is 11.5. The molecule has 0 radical (unpaired) electrons. The van der Waals surface area contributed by atoms with Crippen molar-refractivity contribution in [3.05, 3.63) is 18.1 Å². The van der Waals surface area contributed by atoms with Crippen molar-refractivity contribution in [2.75, 3.05) is 19.3 Å². The maximum Gasteiger partial charge on any atom is 0.211 e. The first-order valence-electron chi connectivity index (χ1n) is 6.55. The smallest absolute Gasteiger partial charge is 0.211 e. The molecule has 1 saturated heterocycles. The molecule has 0 unspecified atom stereocenters. The van der Waals surface area contributed by atoms with Crippen molar-refractivity contribution in [1.29, 1.82) is 0 Å². The molecule has 108 valence electrons. The maximum atomic E-state index is 11.5. The van der Waals surface area contributed by atoms with E-state index in [4.69, 9.17) is 0 Å². The molecule has 1 aliphatic heterocycles. The molecule has 0 spiro atoms. The van der Waals surface area contributed by atoms with Crippen LogP contribution in [0.5, 0.6) is 0 Å². The minimum absolute atomic E-state index is 0.244. The number of hydrogen-bond acceptors (Lipinski definition) is 5. The predicted octanol–water partition coefficient (Wildman–Crippen LogP) is 0.502. The second-order valence-electron chi connectivity index (χ2n) is 5.17. The molecule has 0 saturated carbocycles. The molecule has 3 heterocycles. The van der Waals surface area contributed by atoms with Crippen molar-refractivity contribution in [3.8, 4) is 0 Å². The fraction of sp³-hybridized carbons (Fsp3) is 0.583. The first-order valence-corrected chi connectivity index (χ1v) is 8.40. The van der Waals surface area contributed by atoms with Crippen LogP contribution in [0.1, 0.15) is 24.5 Å². The van der Waals surface area contributed by atoms with Crippen LogP contribution < -0.4 is 0 Å². The van der Waals surface area contributed by atoms with E-state index in [1.54, 1.807) is 17.1 Å². The average Bonchev–Trinajstić information content (AvgIpc) is 2.76. The van der Waals surface area contributed by atoms with Gasteiger partial charge in [0.2, 0.25) is 10.0 Å². The molecule has 20 heavy (non-hydrogen) atoms. The van der Waals surface area contributed by atoms with Crippen LogP contribution in [-0.4, -0.2) is 51.8 Å². The Morgan fingerprint density at radius 3 is 2.50 bits per heavy atom. The molecule has 0 aromatic carbocycles. The second kappa shape index (κ2) is 4.78. The van der Waals surface area contributed by atoms with Crippen LogP contribution in [-0.2, 0) is 17.1 Å². The predicted molar refractivity (Wildman–Crippen MR) is 74.7 cm³/mol. The molecule has 0 aliphatic carbocycles. The van der Waals surface area contributed by atoms with E-state index in [1.807, 2.05) is 7.05 Å². The number of aryl methyl sites for hydroxylation is 1. The van der Waals surface area contributed by atoms with E-state index in [1.165, 1.54) is 10.6 Å². The molecule has 2 aromatic rings. The van der Waals surface area contributed by atoms with E-state index >= 15 is 0 Å². The van der Waals surface area contributed by atoms with E-state index in [0.717, 1.165) is 29.7 Å². The molecular formula is C12H17N5O2S. The number of nitrogens with zero attached hydrogens (tertiary/aromatic N) is 5. The van der Waals surface area contributed by atoms with Crippen LogP contribution in [0, 0.1) is 0 Å². The Morgan fingerprint density at radius 2 is 1.85 bits per heavy atom. The van der Waals surface area contributed by atoms with Crippen molar-refractivity contribution >= 4 is 21.2 Å². The second-order valence-corrected chi connectivity index (χ2v) is 7.16. The van der Waals surface area contributed by atoms with Crippen molar-refractivity contribution in [2.45, 2.75) is 18.8 Å². The van der Waals surface area contributed by atoms with Crippen molar-refractivity contribution in [2.24, 2.45) is 7.05 Å². The number of piperidine rings is 1. The van der Waals surface area contributed by atoms with Gasteiger partial charge in [-0.25, -0.2) is 27.4 Å². The lowest BCUT2D eigenvalue weighted by Gasteiger charge is -2.29. The number of fused-ring (bicyclic) bond motifs is 1. The van der Waals surface area contributed by atoms with Crippen LogP contribution in [0.15, 0.2) is 12.4 Å². The first-order chi connectivity index (χ1) is 9.47. The Morgan fingerprint density at radius 1 is 1.20 bits per heavy atom. The van der Waals surface area contributed by atoms with Crippen molar-refractivity contribution < 1.29 is 8.42 Å². The molecule has 1 fully saturated rings. The van der Waals surface area contributed by atoms with Gasteiger partial charge in [-0.05, 0) is 12.8 Å². The van der Waals surface area contributed by atoms with Gasteiger partial charge in [0.05, 0.1) is 11.9 Å². The third kappa shape index (κ3) is 2.29. The zero-order valence-electron chi connectivity index (χ0n) is 11.5. The van der Waals surface area contributed by atoms with E-state index in [2.05, 4.69) is 15.1 Å². The summed E-state index contributed by atoms with van der Waals surface area (Å²) in [5.74, 6) is 0.244. The van der Waals surface area contributed by atoms with Gasteiger partial charge in [-0.1, -0.05) is 0 Å². The Kier molecular flexibility index (Phi) is 3.21. The van der Waals surface area contributed by atoms with Gasteiger partial charge in [0.1, 0.15) is 5.52 Å². The number of rotatable bonds is 2. The SMILES string of the molecule is Cn1nc(C2CCN(S(C)(=O)=O)CC2)c2nccnc21. The molecule has 1 aliphatic rings. The first kappa shape index (κ1) is 13.4. The lowest BCUT2D eigenvalue weighted by Crippen LogP contribution is -2.37. The summed E-state index contributed by atoms with van der Waals surface area (Å²) in [7, 11) is -1.24. The minimum atomic E-state index is -3.09. The standard InChI is InChI=1S/C12H17N5O2S/c1-16-12-11(13-5-6-14-12)10(15-16)9-3-7-17(8-4-9)20(2,18)19/h5-6,9H,3-4,7-8H2,1-2H3. The van der Waals surface area contributed by atoms with Gasteiger partial charge in [-0.2, -0.15) is 5.10 Å². The molecule has 0 amide bonds. The largest absolute Gasteiger partial charge is 0.249 e. The Bertz CT molecular complexity index is 731. The van der Waals surface area contributed by atoms with Gasteiger partial charge in [0.25, 0.3) is 0 Å². The monoisotopic (exact) mass is 295 g/mol. The highest BCUT2D eigenvalue weighted by Gasteiger charge is 2.29. The number of sulfonamides is 1. The quantitative estimate of drug-likeness (QED) is 0.806. The molecule has 8 heteroatoms. The normalized spacial score (nSPS) is 18.7. The summed E-state index contributed by atoms with van der Waals surface area (Å²) in [6, 6.07) is 0. The lowest BCUT2D eigenvalue weighted by atomic mass is 9.94. The van der Waals surface area contributed by atoms with Crippen molar-refractivity contribution in [1.82, 2.24) is 24.1 Å². The van der Waals surface area contributed by atoms with E-state index in [9.17, 15) is 8.42 Å². The summed E-state index contributed by atoms with van der Waals surface area (Å²) in [5.41, 5.74) is 2.53. The fourth-order valence-electron chi connectivity index (χ4n) is 2.74. The number of hydrogen-bond donors (Lipinski definition) is 0. The van der Waals surface area contributed by atoms with Crippen LogP contribution in [0.25, 0.3) is 11.2 Å². The zero-order valence-corrected chi connectivity index (χ0v) is 12.3. The Balaban J connectivity index is 1.87. The molecule has 0 atom stereocenters. The van der Waals surface area contributed by atoms with Gasteiger partial charge < -0.3 is 0 Å². The summed E-state index contributed by atoms with van der Waals surface area (Å²) in [5, 5.41) is 4.52.